The van der Waals surface area contributed by atoms with Gasteiger partial charge in [0.1, 0.15) is 35.5 Å². The molecule has 0 amide bonds. The minimum atomic E-state index is -4.89. The summed E-state index contributed by atoms with van der Waals surface area (Å²) in [7, 11) is 1.77. The molecule has 43 heavy (non-hydrogen) atoms. The fourth-order valence-corrected chi connectivity index (χ4v) is 7.66. The molecule has 8 nitrogen and oxygen atoms in total. The van der Waals surface area contributed by atoms with Crippen LogP contribution < -0.4 is 20.1 Å². The molecule has 14 heteroatoms. The van der Waals surface area contributed by atoms with E-state index in [-0.39, 0.29) is 51.5 Å². The zero-order chi connectivity index (χ0) is 30.5. The summed E-state index contributed by atoms with van der Waals surface area (Å²) in [6.07, 6.45) is -1.71. The molecular formula is C29H30ClF5N6O2. The molecule has 0 bridgehead atoms. The molecule has 7 rings (SSSR count). The van der Waals surface area contributed by atoms with Crippen LogP contribution in [0.1, 0.15) is 49.7 Å². The Balaban J connectivity index is 1.44. The van der Waals surface area contributed by atoms with E-state index in [1.807, 2.05) is 0 Å². The number of aromatic nitrogens is 3. The van der Waals surface area contributed by atoms with Crippen LogP contribution in [-0.2, 0) is 6.18 Å². The van der Waals surface area contributed by atoms with Gasteiger partial charge >= 0.3 is 12.2 Å². The smallest absolute Gasteiger partial charge is 0.418 e. The summed E-state index contributed by atoms with van der Waals surface area (Å²) in [5.74, 6) is -1.10. The van der Waals surface area contributed by atoms with Crippen molar-refractivity contribution in [1.29, 1.82) is 0 Å². The van der Waals surface area contributed by atoms with E-state index in [4.69, 9.17) is 26.8 Å². The number of pyridine rings is 1. The average molecular weight is 625 g/mol. The number of rotatable bonds is 4. The number of nitrogens with two attached hydrogens (primary N) is 1. The number of aryl methyl sites for hydroxylation is 1. The molecule has 3 aliphatic heterocycles. The first-order chi connectivity index (χ1) is 20.3. The molecule has 2 N–H and O–H groups in total. The lowest BCUT2D eigenvalue weighted by atomic mass is 9.79. The first-order valence-electron chi connectivity index (χ1n) is 14.3. The molecule has 1 spiro atoms. The lowest BCUT2D eigenvalue weighted by molar-refractivity contribution is -0.137. The van der Waals surface area contributed by atoms with Crippen molar-refractivity contribution in [3.05, 3.63) is 28.0 Å². The molecule has 2 saturated heterocycles. The highest BCUT2D eigenvalue weighted by Crippen LogP contribution is 2.53. The van der Waals surface area contributed by atoms with Crippen LogP contribution in [0.3, 0.4) is 0 Å². The highest BCUT2D eigenvalue weighted by atomic mass is 35.5. The Morgan fingerprint density at radius 2 is 1.95 bits per heavy atom. The molecule has 230 valence electrons. The molecule has 1 aliphatic carbocycles. The maximum atomic E-state index is 16.7. The van der Waals surface area contributed by atoms with Gasteiger partial charge in [0.25, 0.3) is 0 Å². The van der Waals surface area contributed by atoms with Crippen molar-refractivity contribution in [1.82, 2.24) is 19.9 Å². The van der Waals surface area contributed by atoms with Crippen LogP contribution in [0, 0.1) is 12.7 Å². The van der Waals surface area contributed by atoms with Crippen LogP contribution >= 0.6 is 11.6 Å². The summed E-state index contributed by atoms with van der Waals surface area (Å²) in [4.78, 5) is 16.8. The van der Waals surface area contributed by atoms with E-state index in [1.165, 1.54) is 6.92 Å². The van der Waals surface area contributed by atoms with E-state index in [1.54, 1.807) is 11.9 Å². The highest BCUT2D eigenvalue weighted by Gasteiger charge is 2.50. The highest BCUT2D eigenvalue weighted by molar-refractivity contribution is 6.36. The van der Waals surface area contributed by atoms with E-state index in [9.17, 15) is 17.6 Å². The Bertz CT molecular complexity index is 1650. The third-order valence-corrected chi connectivity index (χ3v) is 9.76. The SMILES string of the molecule is Cc1cc(N)nc(-c2c(Cl)c3c4c(nc(OC[C@@]56CCCN5C[C@H](F)C6)nc4c2F)N(C)CC2(CCC2)O3)c1C(F)(F)F. The molecule has 1 aromatic carbocycles. The van der Waals surface area contributed by atoms with Crippen molar-refractivity contribution in [2.75, 3.05) is 43.9 Å². The van der Waals surface area contributed by atoms with Crippen molar-refractivity contribution in [2.24, 2.45) is 0 Å². The Morgan fingerprint density at radius 3 is 2.65 bits per heavy atom. The second-order valence-electron chi connectivity index (χ2n) is 12.3. The van der Waals surface area contributed by atoms with Crippen LogP contribution in [0.2, 0.25) is 5.02 Å². The number of benzene rings is 1. The summed E-state index contributed by atoms with van der Waals surface area (Å²) >= 11 is 6.79. The Labute approximate surface area is 249 Å². The topological polar surface area (TPSA) is 89.6 Å². The van der Waals surface area contributed by atoms with E-state index >= 15 is 4.39 Å². The van der Waals surface area contributed by atoms with E-state index in [0.717, 1.165) is 31.9 Å². The number of fused-ring (bicyclic) bond motifs is 1. The quantitative estimate of drug-likeness (QED) is 0.349. The van der Waals surface area contributed by atoms with E-state index in [2.05, 4.69) is 19.9 Å². The first-order valence-corrected chi connectivity index (χ1v) is 14.7. The van der Waals surface area contributed by atoms with E-state index < -0.39 is 46.1 Å². The Kier molecular flexibility index (Phi) is 6.41. The van der Waals surface area contributed by atoms with Crippen LogP contribution in [0.25, 0.3) is 22.2 Å². The van der Waals surface area contributed by atoms with Crippen molar-refractivity contribution in [3.63, 3.8) is 0 Å². The van der Waals surface area contributed by atoms with Gasteiger partial charge in [-0.25, -0.2) is 13.8 Å². The van der Waals surface area contributed by atoms with Gasteiger partial charge in [0.2, 0.25) is 0 Å². The maximum Gasteiger partial charge on any atom is 0.418 e. The van der Waals surface area contributed by atoms with Gasteiger partial charge in [0, 0.05) is 20.0 Å². The molecule has 2 aromatic heterocycles. The van der Waals surface area contributed by atoms with Crippen LogP contribution in [0.15, 0.2) is 6.07 Å². The molecule has 5 heterocycles. The Morgan fingerprint density at radius 1 is 1.19 bits per heavy atom. The van der Waals surface area contributed by atoms with Gasteiger partial charge in [-0.05, 0) is 57.2 Å². The van der Waals surface area contributed by atoms with Gasteiger partial charge < -0.3 is 20.1 Å². The fraction of sp³-hybridized carbons (Fsp3) is 0.552. The van der Waals surface area contributed by atoms with Crippen LogP contribution in [0.5, 0.6) is 11.8 Å². The molecule has 0 radical (unpaired) electrons. The number of likely N-dealkylation sites (N-methyl/N-ethyl adjacent to an activating group) is 1. The standard InChI is InChI=1S/C29H30ClF5N6O2/c1-14-9-16(36)37-22(19(14)29(33,34)35)17-20(30)24-18-23(21(17)32)38-26(39-25(18)40(2)12-28(43-24)6-3-7-28)42-13-27-5-4-8-41(27)11-15(31)10-27/h9,15H,3-8,10-13H2,1-2H3,(H2,36,37)/t15-,27+/m1/s1. The largest absolute Gasteiger partial charge is 0.483 e. The predicted molar refractivity (Wildman–Crippen MR) is 151 cm³/mol. The van der Waals surface area contributed by atoms with Crippen LogP contribution in [0.4, 0.5) is 33.6 Å². The summed E-state index contributed by atoms with van der Waals surface area (Å²) < 4.78 is 86.6. The maximum absolute atomic E-state index is 16.7. The normalized spacial score (nSPS) is 24.7. The lowest BCUT2D eigenvalue weighted by Crippen LogP contribution is -2.51. The van der Waals surface area contributed by atoms with Gasteiger partial charge in [-0.15, -0.1) is 0 Å². The molecule has 3 aromatic rings. The summed E-state index contributed by atoms with van der Waals surface area (Å²) in [6, 6.07) is 0.903. The Hall–Kier alpha value is -3.19. The molecule has 4 aliphatic rings. The number of nitrogen functional groups attached to an aromatic ring is 1. The van der Waals surface area contributed by atoms with Gasteiger partial charge in [-0.2, -0.15) is 23.1 Å². The monoisotopic (exact) mass is 624 g/mol. The number of hydrogen-bond donors (Lipinski definition) is 1. The number of hydrogen-bond acceptors (Lipinski definition) is 8. The number of ether oxygens (including phenoxy) is 2. The summed E-state index contributed by atoms with van der Waals surface area (Å²) in [6.45, 7) is 2.77. The van der Waals surface area contributed by atoms with Crippen molar-refractivity contribution in [2.45, 2.75) is 68.9 Å². The third kappa shape index (κ3) is 4.44. The third-order valence-electron chi connectivity index (χ3n) is 9.40. The summed E-state index contributed by atoms with van der Waals surface area (Å²) in [5.41, 5.74) is 1.57. The molecule has 0 unspecified atom stereocenters. The molecule has 2 atom stereocenters. The van der Waals surface area contributed by atoms with Crippen LogP contribution in [-0.4, -0.2) is 70.5 Å². The van der Waals surface area contributed by atoms with Gasteiger partial charge in [0.15, 0.2) is 11.6 Å². The minimum Gasteiger partial charge on any atom is -0.483 e. The van der Waals surface area contributed by atoms with Gasteiger partial charge in [0.05, 0.1) is 39.3 Å². The number of anilines is 2. The van der Waals surface area contributed by atoms with Crippen molar-refractivity contribution < 1.29 is 31.4 Å². The zero-order valence-electron chi connectivity index (χ0n) is 23.6. The van der Waals surface area contributed by atoms with Crippen molar-refractivity contribution >= 4 is 34.1 Å². The van der Waals surface area contributed by atoms with Gasteiger partial charge in [-0.3, -0.25) is 4.90 Å². The second-order valence-corrected chi connectivity index (χ2v) is 12.7. The molecule has 1 saturated carbocycles. The lowest BCUT2D eigenvalue weighted by Gasteiger charge is -2.42. The van der Waals surface area contributed by atoms with Crippen molar-refractivity contribution in [3.8, 4) is 23.0 Å². The second kappa shape index (κ2) is 9.65. The predicted octanol–water partition coefficient (Wildman–Crippen LogP) is 6.10. The zero-order valence-corrected chi connectivity index (χ0v) is 24.4. The molecular weight excluding hydrogens is 595 g/mol. The summed E-state index contributed by atoms with van der Waals surface area (Å²) in [5, 5.41) is -0.238. The van der Waals surface area contributed by atoms with E-state index in [0.29, 0.717) is 32.4 Å². The first kappa shape index (κ1) is 28.6. The molecule has 3 fully saturated rings. The number of nitrogens with zero attached hydrogens (tertiary/aromatic N) is 5. The number of halogens is 6. The minimum absolute atomic E-state index is 0.00899. The number of alkyl halides is 4. The van der Waals surface area contributed by atoms with Gasteiger partial charge in [-0.1, -0.05) is 11.6 Å². The average Bonchev–Trinajstić information content (AvgIpc) is 3.37. The fourth-order valence-electron chi connectivity index (χ4n) is 7.35.